The lowest BCUT2D eigenvalue weighted by molar-refractivity contribution is 0.0843. The van der Waals surface area contributed by atoms with Gasteiger partial charge in [-0.15, -0.1) is 0 Å². The predicted octanol–water partition coefficient (Wildman–Crippen LogP) is 5.91. The van der Waals surface area contributed by atoms with Gasteiger partial charge in [0.05, 0.1) is 17.2 Å². The number of H-pyrrole nitrogens is 1. The van der Waals surface area contributed by atoms with E-state index in [9.17, 15) is 9.50 Å². The van der Waals surface area contributed by atoms with Crippen LogP contribution in [0.3, 0.4) is 0 Å². The molecule has 0 saturated carbocycles. The number of aromatic hydroxyl groups is 1. The Kier molecular flexibility index (Phi) is 4.47. The second-order valence-corrected chi connectivity index (χ2v) is 8.34. The van der Waals surface area contributed by atoms with Crippen molar-refractivity contribution < 1.29 is 14.2 Å². The van der Waals surface area contributed by atoms with Gasteiger partial charge in [-0.25, -0.2) is 4.39 Å². The van der Waals surface area contributed by atoms with Gasteiger partial charge in [0.25, 0.3) is 0 Å². The van der Waals surface area contributed by atoms with Gasteiger partial charge in [-0.3, -0.25) is 5.10 Å². The Balaban J connectivity index is 1.75. The minimum Gasteiger partial charge on any atom is -0.508 e. The van der Waals surface area contributed by atoms with E-state index in [4.69, 9.17) is 4.74 Å². The number of aromatic amines is 1. The molecular weight excluding hydrogens is 405 g/mol. The average Bonchev–Trinajstić information content (AvgIpc) is 3.40. The highest BCUT2D eigenvalue weighted by atomic mass is 19.1. The van der Waals surface area contributed by atoms with Crippen LogP contribution in [-0.4, -0.2) is 33.1 Å². The third-order valence-electron chi connectivity index (χ3n) is 6.39. The first kappa shape index (κ1) is 19.1. The first-order valence-electron chi connectivity index (χ1n) is 10.8. The molecule has 0 unspecified atom stereocenters. The van der Waals surface area contributed by atoms with Gasteiger partial charge in [0.15, 0.2) is 0 Å². The van der Waals surface area contributed by atoms with E-state index < -0.39 is 0 Å². The van der Waals surface area contributed by atoms with E-state index in [-0.39, 0.29) is 17.5 Å². The van der Waals surface area contributed by atoms with Crippen LogP contribution in [0.1, 0.15) is 24.5 Å². The second-order valence-electron chi connectivity index (χ2n) is 8.34. The van der Waals surface area contributed by atoms with Crippen molar-refractivity contribution in [2.45, 2.75) is 18.8 Å². The Bertz CT molecular complexity index is 1430. The number of phenolic OH excluding ortho intramolecular Hbond substituents is 1. The molecule has 3 aromatic carbocycles. The molecule has 160 valence electrons. The summed E-state index contributed by atoms with van der Waals surface area (Å²) in [5.41, 5.74) is 6.10. The van der Waals surface area contributed by atoms with E-state index in [1.54, 1.807) is 6.07 Å². The zero-order valence-electron chi connectivity index (χ0n) is 17.4. The van der Waals surface area contributed by atoms with Crippen molar-refractivity contribution in [3.63, 3.8) is 0 Å². The van der Waals surface area contributed by atoms with Gasteiger partial charge in [0.1, 0.15) is 11.6 Å². The van der Waals surface area contributed by atoms with Crippen molar-refractivity contribution in [2.24, 2.45) is 0 Å². The van der Waals surface area contributed by atoms with E-state index in [1.165, 1.54) is 17.8 Å². The molecule has 1 aliphatic rings. The van der Waals surface area contributed by atoms with Crippen molar-refractivity contribution in [1.29, 1.82) is 0 Å². The third-order valence-corrected chi connectivity index (χ3v) is 6.39. The maximum absolute atomic E-state index is 13.8. The fraction of sp³-hybridized carbons (Fsp3) is 0.192. The van der Waals surface area contributed by atoms with Crippen molar-refractivity contribution in [2.75, 3.05) is 13.2 Å². The third kappa shape index (κ3) is 3.07. The van der Waals surface area contributed by atoms with E-state index in [1.807, 2.05) is 36.5 Å². The first-order chi connectivity index (χ1) is 15.7. The molecule has 3 heterocycles. The van der Waals surface area contributed by atoms with Gasteiger partial charge in [-0.05, 0) is 66.9 Å². The van der Waals surface area contributed by atoms with Crippen LogP contribution < -0.4 is 0 Å². The molecular formula is C26H22FN3O2. The Morgan fingerprint density at radius 1 is 1.03 bits per heavy atom. The van der Waals surface area contributed by atoms with Crippen LogP contribution in [0, 0.1) is 5.82 Å². The van der Waals surface area contributed by atoms with E-state index >= 15 is 0 Å². The average molecular weight is 427 g/mol. The molecule has 32 heavy (non-hydrogen) atoms. The van der Waals surface area contributed by atoms with Crippen LogP contribution >= 0.6 is 0 Å². The maximum atomic E-state index is 13.8. The Hall–Kier alpha value is -3.64. The summed E-state index contributed by atoms with van der Waals surface area (Å²) in [5, 5.41) is 19.6. The molecule has 1 fully saturated rings. The number of hydrogen-bond donors (Lipinski definition) is 2. The lowest BCUT2D eigenvalue weighted by Crippen LogP contribution is -2.17. The molecule has 0 atom stereocenters. The van der Waals surface area contributed by atoms with Gasteiger partial charge < -0.3 is 14.4 Å². The van der Waals surface area contributed by atoms with Gasteiger partial charge in [-0.1, -0.05) is 12.1 Å². The monoisotopic (exact) mass is 427 g/mol. The lowest BCUT2D eigenvalue weighted by Gasteiger charge is -2.26. The molecule has 0 radical (unpaired) electrons. The molecule has 0 spiro atoms. The number of ether oxygens (including phenoxy) is 1. The van der Waals surface area contributed by atoms with Crippen molar-refractivity contribution in [3.05, 3.63) is 78.4 Å². The number of phenols is 1. The summed E-state index contributed by atoms with van der Waals surface area (Å²) in [5.74, 6) is 0.240. The molecule has 6 heteroatoms. The molecule has 0 amide bonds. The summed E-state index contributed by atoms with van der Waals surface area (Å²) in [6.07, 6.45) is 3.63. The minimum atomic E-state index is -0.261. The van der Waals surface area contributed by atoms with Crippen molar-refractivity contribution in [3.8, 4) is 22.6 Å². The molecule has 1 aliphatic heterocycles. The Labute approximate surface area is 184 Å². The quantitative estimate of drug-likeness (QED) is 0.376. The summed E-state index contributed by atoms with van der Waals surface area (Å²) < 4.78 is 21.7. The second kappa shape index (κ2) is 7.50. The van der Waals surface area contributed by atoms with Crippen LogP contribution in [0.2, 0.25) is 0 Å². The fourth-order valence-corrected chi connectivity index (χ4v) is 4.94. The number of rotatable bonds is 3. The Morgan fingerprint density at radius 3 is 2.62 bits per heavy atom. The summed E-state index contributed by atoms with van der Waals surface area (Å²) >= 11 is 0. The molecule has 0 aliphatic carbocycles. The molecule has 5 nitrogen and oxygen atoms in total. The maximum Gasteiger partial charge on any atom is 0.123 e. The number of nitrogens with one attached hydrogen (secondary N) is 1. The van der Waals surface area contributed by atoms with Crippen molar-refractivity contribution >= 4 is 21.8 Å². The molecule has 5 aromatic rings. The van der Waals surface area contributed by atoms with Crippen LogP contribution in [0.25, 0.3) is 38.6 Å². The molecule has 1 saturated heterocycles. The molecule has 2 N–H and O–H groups in total. The topological polar surface area (TPSA) is 63.1 Å². The minimum absolute atomic E-state index is 0.228. The van der Waals surface area contributed by atoms with E-state index in [0.717, 1.165) is 51.5 Å². The highest BCUT2D eigenvalue weighted by Crippen LogP contribution is 2.45. The van der Waals surface area contributed by atoms with Crippen LogP contribution in [0.4, 0.5) is 4.39 Å². The lowest BCUT2D eigenvalue weighted by atomic mass is 9.90. The number of halogens is 1. The van der Waals surface area contributed by atoms with Gasteiger partial charge >= 0.3 is 0 Å². The zero-order valence-corrected chi connectivity index (χ0v) is 17.4. The SMILES string of the molecule is Oc1cccc(-c2c(C3CCOCC3)n(-c3ccc(F)cc3)c3cc4cn[nH]c4cc23)c1. The highest BCUT2D eigenvalue weighted by Gasteiger charge is 2.28. The standard InChI is InChI=1S/C26H22FN3O2/c27-19-4-6-20(7-5-19)30-24-13-18-15-28-29-23(18)14-22(24)25(17-2-1-3-21(31)12-17)26(30)16-8-10-32-11-9-16/h1-7,12-16,31H,8-11H2,(H,28,29). The summed E-state index contributed by atoms with van der Waals surface area (Å²) in [6.45, 7) is 1.42. The van der Waals surface area contributed by atoms with Gasteiger partial charge in [0.2, 0.25) is 0 Å². The number of aromatic nitrogens is 3. The van der Waals surface area contributed by atoms with E-state index in [2.05, 4.69) is 26.9 Å². The van der Waals surface area contributed by atoms with Crippen LogP contribution in [-0.2, 0) is 4.74 Å². The molecule has 0 bridgehead atoms. The van der Waals surface area contributed by atoms with Crippen LogP contribution in [0.15, 0.2) is 66.9 Å². The largest absolute Gasteiger partial charge is 0.508 e. The normalized spacial score (nSPS) is 15.0. The summed E-state index contributed by atoms with van der Waals surface area (Å²) in [7, 11) is 0. The highest BCUT2D eigenvalue weighted by molar-refractivity contribution is 6.05. The first-order valence-corrected chi connectivity index (χ1v) is 10.8. The number of hydrogen-bond acceptors (Lipinski definition) is 3. The smallest absolute Gasteiger partial charge is 0.123 e. The zero-order chi connectivity index (χ0) is 21.7. The number of benzene rings is 3. The van der Waals surface area contributed by atoms with Crippen molar-refractivity contribution in [1.82, 2.24) is 14.8 Å². The molecule has 2 aromatic heterocycles. The number of fused-ring (bicyclic) bond motifs is 2. The van der Waals surface area contributed by atoms with Gasteiger partial charge in [-0.2, -0.15) is 5.10 Å². The summed E-state index contributed by atoms with van der Waals surface area (Å²) in [6, 6.07) is 18.3. The predicted molar refractivity (Wildman–Crippen MR) is 123 cm³/mol. The number of nitrogens with zero attached hydrogens (tertiary/aromatic N) is 2. The summed E-state index contributed by atoms with van der Waals surface area (Å²) in [4.78, 5) is 0. The van der Waals surface area contributed by atoms with Crippen LogP contribution in [0.5, 0.6) is 5.75 Å². The Morgan fingerprint density at radius 2 is 1.84 bits per heavy atom. The van der Waals surface area contributed by atoms with E-state index in [0.29, 0.717) is 13.2 Å². The van der Waals surface area contributed by atoms with Gasteiger partial charge in [0, 0.05) is 46.8 Å². The molecule has 6 rings (SSSR count). The fourth-order valence-electron chi connectivity index (χ4n) is 4.94.